The number of rotatable bonds is 4. The number of sulfonamides is 1. The van der Waals surface area contributed by atoms with Crippen molar-refractivity contribution in [1.29, 1.82) is 0 Å². The van der Waals surface area contributed by atoms with Crippen molar-refractivity contribution >= 4 is 39.3 Å². The molecule has 26 heavy (non-hydrogen) atoms. The number of hydrogen-bond acceptors (Lipinski definition) is 4. The predicted octanol–water partition coefficient (Wildman–Crippen LogP) is 3.81. The smallest absolute Gasteiger partial charge is 0.410 e. The van der Waals surface area contributed by atoms with Gasteiger partial charge in [0, 0.05) is 29.2 Å². The van der Waals surface area contributed by atoms with Gasteiger partial charge < -0.3 is 9.64 Å². The lowest BCUT2D eigenvalue weighted by atomic mass is 10.1. The fraction of sp³-hybridized carbons (Fsp3) is 0.588. The van der Waals surface area contributed by atoms with Crippen molar-refractivity contribution in [2.75, 3.05) is 13.1 Å². The van der Waals surface area contributed by atoms with Crippen LogP contribution in [-0.4, -0.2) is 44.1 Å². The molecule has 0 aliphatic carbocycles. The summed E-state index contributed by atoms with van der Waals surface area (Å²) in [6, 6.07) is 4.52. The number of carbonyl (C=O) groups is 1. The van der Waals surface area contributed by atoms with Gasteiger partial charge in [-0.2, -0.15) is 0 Å². The van der Waals surface area contributed by atoms with E-state index < -0.39 is 15.6 Å². The highest BCUT2D eigenvalue weighted by atomic mass is 35.5. The van der Waals surface area contributed by atoms with E-state index in [1.807, 2.05) is 20.8 Å². The molecule has 9 heteroatoms. The first-order chi connectivity index (χ1) is 12.0. The first kappa shape index (κ1) is 21.3. The van der Waals surface area contributed by atoms with Crippen LogP contribution in [-0.2, 0) is 20.5 Å². The minimum Gasteiger partial charge on any atom is -0.444 e. The molecule has 1 aliphatic heterocycles. The Balaban J connectivity index is 1.89. The molecule has 1 fully saturated rings. The minimum atomic E-state index is -3.55. The Morgan fingerprint density at radius 2 is 1.88 bits per heavy atom. The highest BCUT2D eigenvalue weighted by Gasteiger charge is 2.29. The number of ether oxygens (including phenoxy) is 1. The Labute approximate surface area is 164 Å². The van der Waals surface area contributed by atoms with E-state index in [0.717, 1.165) is 0 Å². The summed E-state index contributed by atoms with van der Waals surface area (Å²) in [5.74, 6) is -0.213. The Morgan fingerprint density at radius 3 is 2.42 bits per heavy atom. The number of piperidine rings is 1. The second-order valence-electron chi connectivity index (χ2n) is 7.35. The van der Waals surface area contributed by atoms with Crippen LogP contribution >= 0.6 is 23.2 Å². The third kappa shape index (κ3) is 6.61. The van der Waals surface area contributed by atoms with E-state index >= 15 is 0 Å². The zero-order valence-corrected chi connectivity index (χ0v) is 17.4. The summed E-state index contributed by atoms with van der Waals surface area (Å²) in [6.07, 6.45) is 0.700. The van der Waals surface area contributed by atoms with Gasteiger partial charge in [0.15, 0.2) is 0 Å². The number of carbonyl (C=O) groups excluding carboxylic acids is 1. The van der Waals surface area contributed by atoms with E-state index in [1.165, 1.54) is 6.07 Å². The summed E-state index contributed by atoms with van der Waals surface area (Å²) in [4.78, 5) is 13.7. The van der Waals surface area contributed by atoms with Crippen LogP contribution in [0.1, 0.15) is 39.2 Å². The van der Waals surface area contributed by atoms with Crippen LogP contribution in [0.2, 0.25) is 10.0 Å². The van der Waals surface area contributed by atoms with Crippen LogP contribution in [0.5, 0.6) is 0 Å². The van der Waals surface area contributed by atoms with E-state index in [9.17, 15) is 13.2 Å². The van der Waals surface area contributed by atoms with Gasteiger partial charge in [-0.05, 0) is 51.3 Å². The number of nitrogens with zero attached hydrogens (tertiary/aromatic N) is 1. The molecule has 0 bridgehead atoms. The SMILES string of the molecule is CC(C)(C)OC(=O)N1CCC(NS(=O)(=O)Cc2ccc(Cl)cc2Cl)CC1. The topological polar surface area (TPSA) is 75.7 Å². The molecular weight excluding hydrogens is 399 g/mol. The van der Waals surface area contributed by atoms with Crippen LogP contribution in [0.15, 0.2) is 18.2 Å². The molecule has 1 aliphatic rings. The summed E-state index contributed by atoms with van der Waals surface area (Å²) in [5, 5.41) is 0.779. The van der Waals surface area contributed by atoms with Gasteiger partial charge in [0.25, 0.3) is 0 Å². The Bertz CT molecular complexity index is 755. The normalized spacial score (nSPS) is 16.6. The minimum absolute atomic E-state index is 0.213. The van der Waals surface area contributed by atoms with Crippen LogP contribution in [0.25, 0.3) is 0 Å². The molecule has 146 valence electrons. The van der Waals surface area contributed by atoms with Crippen molar-refractivity contribution in [2.24, 2.45) is 0 Å². The van der Waals surface area contributed by atoms with Crippen molar-refractivity contribution in [2.45, 2.75) is 51.0 Å². The first-order valence-corrected chi connectivity index (χ1v) is 10.8. The summed E-state index contributed by atoms with van der Waals surface area (Å²) in [5.41, 5.74) is -0.0531. The second kappa shape index (κ2) is 8.33. The van der Waals surface area contributed by atoms with E-state index in [2.05, 4.69) is 4.72 Å². The lowest BCUT2D eigenvalue weighted by Crippen LogP contribution is -2.47. The van der Waals surface area contributed by atoms with Crippen molar-refractivity contribution in [3.8, 4) is 0 Å². The second-order valence-corrected chi connectivity index (χ2v) is 9.95. The zero-order chi connectivity index (χ0) is 19.5. The fourth-order valence-electron chi connectivity index (χ4n) is 2.65. The summed E-state index contributed by atoms with van der Waals surface area (Å²) < 4.78 is 32.8. The van der Waals surface area contributed by atoms with Crippen molar-refractivity contribution in [3.63, 3.8) is 0 Å². The molecule has 1 N–H and O–H groups in total. The molecule has 6 nitrogen and oxygen atoms in total. The highest BCUT2D eigenvalue weighted by molar-refractivity contribution is 7.88. The molecule has 0 unspecified atom stereocenters. The average Bonchev–Trinajstić information content (AvgIpc) is 2.48. The molecule has 1 aromatic rings. The standard InChI is InChI=1S/C17H24Cl2N2O4S/c1-17(2,3)25-16(22)21-8-6-14(7-9-21)20-26(23,24)11-12-4-5-13(18)10-15(12)19/h4-5,10,14,20H,6-9,11H2,1-3H3. The molecule has 1 saturated heterocycles. The number of halogens is 2. The van der Waals surface area contributed by atoms with Gasteiger partial charge in [0.1, 0.15) is 5.60 Å². The molecule has 1 heterocycles. The van der Waals surface area contributed by atoms with Crippen molar-refractivity contribution in [1.82, 2.24) is 9.62 Å². The van der Waals surface area contributed by atoms with Gasteiger partial charge in [-0.3, -0.25) is 0 Å². The van der Waals surface area contributed by atoms with Crippen LogP contribution in [0.3, 0.4) is 0 Å². The van der Waals surface area contributed by atoms with Gasteiger partial charge in [-0.1, -0.05) is 29.3 Å². The summed E-state index contributed by atoms with van der Waals surface area (Å²) >= 11 is 11.9. The molecule has 1 amide bonds. The Kier molecular flexibility index (Phi) is 6.82. The molecule has 1 aromatic carbocycles. The van der Waals surface area contributed by atoms with Crippen LogP contribution in [0, 0.1) is 0 Å². The van der Waals surface area contributed by atoms with Gasteiger partial charge in [-0.15, -0.1) is 0 Å². The highest BCUT2D eigenvalue weighted by Crippen LogP contribution is 2.23. The lowest BCUT2D eigenvalue weighted by Gasteiger charge is -2.33. The maximum atomic E-state index is 12.4. The van der Waals surface area contributed by atoms with Crippen molar-refractivity contribution in [3.05, 3.63) is 33.8 Å². The summed E-state index contributed by atoms with van der Waals surface area (Å²) in [6.45, 7) is 6.34. The van der Waals surface area contributed by atoms with Gasteiger partial charge in [0.05, 0.1) is 5.75 Å². The maximum Gasteiger partial charge on any atom is 0.410 e. The zero-order valence-electron chi connectivity index (χ0n) is 15.1. The molecule has 0 aromatic heterocycles. The number of nitrogens with one attached hydrogen (secondary N) is 1. The number of likely N-dealkylation sites (tertiary alicyclic amines) is 1. The third-order valence-corrected chi connectivity index (χ3v) is 5.82. The quantitative estimate of drug-likeness (QED) is 0.799. The monoisotopic (exact) mass is 422 g/mol. The Morgan fingerprint density at radius 1 is 1.27 bits per heavy atom. The summed E-state index contributed by atoms with van der Waals surface area (Å²) in [7, 11) is -3.55. The first-order valence-electron chi connectivity index (χ1n) is 8.37. The molecule has 0 spiro atoms. The van der Waals surface area contributed by atoms with Gasteiger partial charge >= 0.3 is 6.09 Å². The van der Waals surface area contributed by atoms with Crippen LogP contribution in [0.4, 0.5) is 4.79 Å². The van der Waals surface area contributed by atoms with E-state index in [1.54, 1.807) is 17.0 Å². The van der Waals surface area contributed by atoms with E-state index in [-0.39, 0.29) is 17.9 Å². The molecular formula is C17H24Cl2N2O4S. The molecule has 0 atom stereocenters. The predicted molar refractivity (Wildman–Crippen MR) is 103 cm³/mol. The largest absolute Gasteiger partial charge is 0.444 e. The average molecular weight is 423 g/mol. The number of amides is 1. The van der Waals surface area contributed by atoms with Crippen LogP contribution < -0.4 is 4.72 Å². The van der Waals surface area contributed by atoms with Gasteiger partial charge in [0.2, 0.25) is 10.0 Å². The molecule has 0 saturated carbocycles. The Hall–Kier alpha value is -1.02. The molecule has 2 rings (SSSR count). The molecule has 0 radical (unpaired) electrons. The van der Waals surface area contributed by atoms with Gasteiger partial charge in [-0.25, -0.2) is 17.9 Å². The van der Waals surface area contributed by atoms with E-state index in [4.69, 9.17) is 27.9 Å². The maximum absolute atomic E-state index is 12.4. The number of hydrogen-bond donors (Lipinski definition) is 1. The number of benzene rings is 1. The van der Waals surface area contributed by atoms with E-state index in [0.29, 0.717) is 41.5 Å². The lowest BCUT2D eigenvalue weighted by molar-refractivity contribution is 0.0204. The fourth-order valence-corrected chi connectivity index (χ4v) is 4.69. The third-order valence-electron chi connectivity index (χ3n) is 3.85. The van der Waals surface area contributed by atoms with Crippen molar-refractivity contribution < 1.29 is 17.9 Å².